The van der Waals surface area contributed by atoms with Crippen LogP contribution in [0.25, 0.3) is 0 Å². The Labute approximate surface area is 113 Å². The molecule has 0 bridgehead atoms. The second kappa shape index (κ2) is 5.36. The second-order valence-corrected chi connectivity index (χ2v) is 5.27. The molecular weight excluding hydrogens is 308 g/mol. The van der Waals surface area contributed by atoms with Crippen molar-refractivity contribution in [3.8, 4) is 0 Å². The van der Waals surface area contributed by atoms with Gasteiger partial charge in [0.05, 0.1) is 5.56 Å². The highest BCUT2D eigenvalue weighted by Gasteiger charge is 2.27. The zero-order chi connectivity index (χ0) is 12.4. The zero-order valence-electron chi connectivity index (χ0n) is 9.13. The summed E-state index contributed by atoms with van der Waals surface area (Å²) in [6.45, 7) is 1.36. The molecule has 0 saturated carbocycles. The molecule has 17 heavy (non-hydrogen) atoms. The Morgan fingerprint density at radius 3 is 3.00 bits per heavy atom. The lowest BCUT2D eigenvalue weighted by Crippen LogP contribution is -2.29. The molecule has 1 aromatic carbocycles. The van der Waals surface area contributed by atoms with Crippen molar-refractivity contribution in [2.24, 2.45) is 5.92 Å². The maximum atomic E-state index is 13.5. The zero-order valence-corrected chi connectivity index (χ0v) is 11.5. The van der Waals surface area contributed by atoms with Crippen LogP contribution >= 0.6 is 27.5 Å². The maximum absolute atomic E-state index is 13.5. The molecule has 1 amide bonds. The lowest BCUT2D eigenvalue weighted by atomic mass is 10.1. The summed E-state index contributed by atoms with van der Waals surface area (Å²) < 4.78 is 13.5. The minimum atomic E-state index is -0.512. The third kappa shape index (κ3) is 2.80. The van der Waals surface area contributed by atoms with Gasteiger partial charge in [-0.25, -0.2) is 4.39 Å². The lowest BCUT2D eigenvalue weighted by Gasteiger charge is -2.16. The summed E-state index contributed by atoms with van der Waals surface area (Å²) >= 11 is 9.18. The normalized spacial score (nSPS) is 19.7. The molecule has 1 aromatic rings. The Bertz CT molecular complexity index is 441. The Balaban J connectivity index is 2.17. The lowest BCUT2D eigenvalue weighted by molar-refractivity contribution is 0.0784. The van der Waals surface area contributed by atoms with Crippen LogP contribution in [0.5, 0.6) is 0 Å². The Kier molecular flexibility index (Phi) is 4.05. The number of hydrogen-bond donors (Lipinski definition) is 0. The smallest absolute Gasteiger partial charge is 0.256 e. The summed E-state index contributed by atoms with van der Waals surface area (Å²) in [5.74, 6) is -0.323. The average Bonchev–Trinajstić information content (AvgIpc) is 2.80. The van der Waals surface area contributed by atoms with Crippen LogP contribution in [-0.2, 0) is 0 Å². The summed E-state index contributed by atoms with van der Waals surface area (Å²) in [5.41, 5.74) is 0.0627. The van der Waals surface area contributed by atoms with Crippen molar-refractivity contribution in [3.63, 3.8) is 0 Å². The molecule has 1 fully saturated rings. The number of nitrogens with zero attached hydrogens (tertiary/aromatic N) is 1. The number of carbonyl (C=O) groups is 1. The van der Waals surface area contributed by atoms with Gasteiger partial charge in [-0.2, -0.15) is 0 Å². The minimum Gasteiger partial charge on any atom is -0.338 e. The largest absolute Gasteiger partial charge is 0.338 e. The number of amides is 1. The van der Waals surface area contributed by atoms with E-state index in [9.17, 15) is 9.18 Å². The minimum absolute atomic E-state index is 0.0627. The van der Waals surface area contributed by atoms with E-state index >= 15 is 0 Å². The van der Waals surface area contributed by atoms with Gasteiger partial charge in [0.2, 0.25) is 0 Å². The highest BCUT2D eigenvalue weighted by molar-refractivity contribution is 9.09. The topological polar surface area (TPSA) is 20.3 Å². The van der Waals surface area contributed by atoms with Gasteiger partial charge >= 0.3 is 0 Å². The first-order chi connectivity index (χ1) is 8.11. The summed E-state index contributed by atoms with van der Waals surface area (Å²) in [6.07, 6.45) is 0.958. The predicted octanol–water partition coefficient (Wildman–Crippen LogP) is 3.34. The van der Waals surface area contributed by atoms with E-state index in [1.54, 1.807) is 4.90 Å². The summed E-state index contributed by atoms with van der Waals surface area (Å²) in [5, 5.41) is 1.25. The molecule has 1 saturated heterocycles. The quantitative estimate of drug-likeness (QED) is 0.765. The van der Waals surface area contributed by atoms with Crippen molar-refractivity contribution in [3.05, 3.63) is 34.6 Å². The Morgan fingerprint density at radius 2 is 2.35 bits per heavy atom. The van der Waals surface area contributed by atoms with Crippen molar-refractivity contribution in [2.75, 3.05) is 18.4 Å². The van der Waals surface area contributed by atoms with Crippen LogP contribution in [-0.4, -0.2) is 29.2 Å². The van der Waals surface area contributed by atoms with Crippen LogP contribution in [0.2, 0.25) is 5.02 Å². The first-order valence-electron chi connectivity index (χ1n) is 5.42. The third-order valence-corrected chi connectivity index (χ3v) is 4.10. The highest BCUT2D eigenvalue weighted by Crippen LogP contribution is 2.22. The van der Waals surface area contributed by atoms with Crippen molar-refractivity contribution >= 4 is 33.4 Å². The van der Waals surface area contributed by atoms with Gasteiger partial charge in [0, 0.05) is 23.4 Å². The van der Waals surface area contributed by atoms with Crippen molar-refractivity contribution in [1.29, 1.82) is 0 Å². The van der Waals surface area contributed by atoms with E-state index in [1.807, 2.05) is 0 Å². The molecule has 1 aliphatic rings. The van der Waals surface area contributed by atoms with E-state index in [0.29, 0.717) is 24.0 Å². The number of likely N-dealkylation sites (tertiary alicyclic amines) is 1. The van der Waals surface area contributed by atoms with E-state index < -0.39 is 5.82 Å². The molecule has 2 rings (SSSR count). The summed E-state index contributed by atoms with van der Waals surface area (Å²) in [7, 11) is 0. The molecule has 0 radical (unpaired) electrons. The van der Waals surface area contributed by atoms with Crippen LogP contribution in [0.1, 0.15) is 16.8 Å². The number of hydrogen-bond acceptors (Lipinski definition) is 1. The number of halogens is 3. The summed E-state index contributed by atoms with van der Waals surface area (Å²) in [6, 6.07) is 4.06. The average molecular weight is 321 g/mol. The van der Waals surface area contributed by atoms with E-state index in [4.69, 9.17) is 11.6 Å². The highest BCUT2D eigenvalue weighted by atomic mass is 79.9. The SMILES string of the molecule is O=C(c1cc(Cl)ccc1F)N1CCC(CBr)C1. The van der Waals surface area contributed by atoms with E-state index in [0.717, 1.165) is 11.8 Å². The van der Waals surface area contributed by atoms with Gasteiger partial charge < -0.3 is 4.90 Å². The van der Waals surface area contributed by atoms with Gasteiger partial charge in [-0.3, -0.25) is 4.79 Å². The van der Waals surface area contributed by atoms with Crippen LogP contribution in [0.15, 0.2) is 18.2 Å². The van der Waals surface area contributed by atoms with Crippen molar-refractivity contribution < 1.29 is 9.18 Å². The second-order valence-electron chi connectivity index (χ2n) is 4.18. The van der Waals surface area contributed by atoms with Crippen LogP contribution < -0.4 is 0 Å². The van der Waals surface area contributed by atoms with Gasteiger partial charge in [-0.1, -0.05) is 27.5 Å². The molecule has 0 N–H and O–H groups in total. The first kappa shape index (κ1) is 12.8. The number of benzene rings is 1. The molecule has 1 unspecified atom stereocenters. The molecule has 1 heterocycles. The van der Waals surface area contributed by atoms with Crippen molar-refractivity contribution in [1.82, 2.24) is 4.90 Å². The number of rotatable bonds is 2. The molecule has 0 spiro atoms. The fraction of sp³-hybridized carbons (Fsp3) is 0.417. The Hall–Kier alpha value is -0.610. The van der Waals surface area contributed by atoms with Gasteiger partial charge in [0.25, 0.3) is 5.91 Å². The summed E-state index contributed by atoms with van der Waals surface area (Å²) in [4.78, 5) is 13.8. The van der Waals surface area contributed by atoms with E-state index in [2.05, 4.69) is 15.9 Å². The van der Waals surface area contributed by atoms with Gasteiger partial charge in [0.15, 0.2) is 0 Å². The molecule has 2 nitrogen and oxygen atoms in total. The predicted molar refractivity (Wildman–Crippen MR) is 69.2 cm³/mol. The van der Waals surface area contributed by atoms with E-state index in [1.165, 1.54) is 18.2 Å². The maximum Gasteiger partial charge on any atom is 0.256 e. The van der Waals surface area contributed by atoms with Crippen LogP contribution in [0.3, 0.4) is 0 Å². The van der Waals surface area contributed by atoms with Gasteiger partial charge in [-0.05, 0) is 30.5 Å². The molecule has 5 heteroatoms. The first-order valence-corrected chi connectivity index (χ1v) is 6.92. The fourth-order valence-electron chi connectivity index (χ4n) is 1.97. The number of carbonyl (C=O) groups excluding carboxylic acids is 1. The molecule has 1 aliphatic heterocycles. The fourth-order valence-corrected chi connectivity index (χ4v) is 2.68. The van der Waals surface area contributed by atoms with Crippen molar-refractivity contribution in [2.45, 2.75) is 6.42 Å². The molecule has 0 aliphatic carbocycles. The molecule has 0 aromatic heterocycles. The van der Waals surface area contributed by atoms with Gasteiger partial charge in [-0.15, -0.1) is 0 Å². The number of alkyl halides is 1. The Morgan fingerprint density at radius 1 is 1.59 bits per heavy atom. The standard InChI is InChI=1S/C12H12BrClFNO/c13-6-8-3-4-16(7-8)12(17)10-5-9(14)1-2-11(10)15/h1-2,5,8H,3-4,6-7H2. The molecule has 92 valence electrons. The third-order valence-electron chi connectivity index (χ3n) is 2.95. The van der Waals surface area contributed by atoms with Gasteiger partial charge in [0.1, 0.15) is 5.82 Å². The molecule has 1 atom stereocenters. The monoisotopic (exact) mass is 319 g/mol. The molecular formula is C12H12BrClFNO. The van der Waals surface area contributed by atoms with E-state index in [-0.39, 0.29) is 11.5 Å². The van der Waals surface area contributed by atoms with Crippen LogP contribution in [0.4, 0.5) is 4.39 Å². The van der Waals surface area contributed by atoms with Crippen LogP contribution in [0, 0.1) is 11.7 Å².